The van der Waals surface area contributed by atoms with Crippen LogP contribution in [0.2, 0.25) is 0 Å². The van der Waals surface area contributed by atoms with Crippen LogP contribution in [0.3, 0.4) is 0 Å². The first-order valence-corrected chi connectivity index (χ1v) is 11.1. The number of hydrogen-bond acceptors (Lipinski definition) is 3. The lowest BCUT2D eigenvalue weighted by Crippen LogP contribution is -2.46. The van der Waals surface area contributed by atoms with E-state index in [-0.39, 0.29) is 24.5 Å². The van der Waals surface area contributed by atoms with Crippen LogP contribution in [0.4, 0.5) is 41.6 Å². The molecule has 0 spiro atoms. The van der Waals surface area contributed by atoms with Gasteiger partial charge in [0, 0.05) is 12.5 Å². The molecule has 1 aliphatic heterocycles. The van der Waals surface area contributed by atoms with Crippen LogP contribution in [0.15, 0.2) is 36.4 Å². The number of amides is 2. The van der Waals surface area contributed by atoms with E-state index in [1.54, 1.807) is 25.1 Å². The maximum Gasteiger partial charge on any atom is 0.416 e. The highest BCUT2D eigenvalue weighted by Gasteiger charge is 2.37. The van der Waals surface area contributed by atoms with E-state index in [1.807, 2.05) is 6.92 Å². The zero-order chi connectivity index (χ0) is 26.8. The summed E-state index contributed by atoms with van der Waals surface area (Å²) in [4.78, 5) is 25.3. The third-order valence-electron chi connectivity index (χ3n) is 5.92. The number of alkyl carbamates (subject to hydrolysis) is 1. The van der Waals surface area contributed by atoms with Gasteiger partial charge >= 0.3 is 24.5 Å². The van der Waals surface area contributed by atoms with E-state index < -0.39 is 54.4 Å². The van der Waals surface area contributed by atoms with Gasteiger partial charge in [-0.2, -0.15) is 26.3 Å². The number of nitrogens with one attached hydrogen (secondary N) is 1. The maximum atomic E-state index is 13.0. The minimum absolute atomic E-state index is 0.0315. The molecule has 36 heavy (non-hydrogen) atoms. The number of nitrogens with zero attached hydrogens (tertiary/aromatic N) is 1. The van der Waals surface area contributed by atoms with Gasteiger partial charge in [-0.05, 0) is 60.7 Å². The van der Waals surface area contributed by atoms with Gasteiger partial charge in [-0.15, -0.1) is 0 Å². The summed E-state index contributed by atoms with van der Waals surface area (Å²) in [6, 6.07) is 5.35. The van der Waals surface area contributed by atoms with Gasteiger partial charge in [0.15, 0.2) is 0 Å². The largest absolute Gasteiger partial charge is 0.465 e. The number of carbonyl (C=O) groups is 2. The van der Waals surface area contributed by atoms with E-state index in [9.17, 15) is 41.0 Å². The van der Waals surface area contributed by atoms with Gasteiger partial charge in [0.2, 0.25) is 0 Å². The number of benzene rings is 2. The van der Waals surface area contributed by atoms with Crippen molar-refractivity contribution in [2.45, 2.75) is 57.5 Å². The molecule has 2 N–H and O–H groups in total. The number of hydrogen-bond donors (Lipinski definition) is 2. The van der Waals surface area contributed by atoms with Crippen molar-refractivity contribution in [2.75, 3.05) is 11.5 Å². The Hall–Kier alpha value is -3.44. The van der Waals surface area contributed by atoms with E-state index in [0.29, 0.717) is 29.8 Å². The summed E-state index contributed by atoms with van der Waals surface area (Å²) in [6.45, 7) is 3.13. The molecule has 0 fully saturated rings. The first-order valence-electron chi connectivity index (χ1n) is 11.1. The Balaban J connectivity index is 1.72. The van der Waals surface area contributed by atoms with Crippen molar-refractivity contribution in [1.82, 2.24) is 5.32 Å². The Morgan fingerprint density at radius 3 is 2.17 bits per heavy atom. The summed E-state index contributed by atoms with van der Waals surface area (Å²) in [5, 5.41) is 12.2. The Bertz CT molecular complexity index is 1100. The molecule has 0 unspecified atom stereocenters. The molecule has 196 valence electrons. The van der Waals surface area contributed by atoms with E-state index in [2.05, 4.69) is 5.32 Å². The number of rotatable bonds is 5. The zero-order valence-electron chi connectivity index (χ0n) is 19.3. The molecule has 0 aromatic heterocycles. The van der Waals surface area contributed by atoms with Crippen molar-refractivity contribution in [1.29, 1.82) is 0 Å². The molecule has 12 heteroatoms. The summed E-state index contributed by atoms with van der Waals surface area (Å²) < 4.78 is 83.2. The summed E-state index contributed by atoms with van der Waals surface area (Å²) in [5.41, 5.74) is -1.28. The highest BCUT2D eigenvalue weighted by Crippen LogP contribution is 2.38. The highest BCUT2D eigenvalue weighted by molar-refractivity contribution is 5.89. The van der Waals surface area contributed by atoms with E-state index in [4.69, 9.17) is 4.74 Å². The standard InChI is InChI=1S/C24H24F6N2O4/c1-3-14-4-5-20-18(11-14)19(8-13(2)32(20)22(34)35)31-21(33)36-7-6-15-9-16(23(25,26)27)12-17(10-15)24(28,29)30/h4-5,9-13,19H,3,6-8H2,1-2H3,(H,31,33)(H,34,35)/t13-,19+/m1/s1. The molecule has 2 aromatic rings. The smallest absolute Gasteiger partial charge is 0.416 e. The normalized spacial score (nSPS) is 17.9. The lowest BCUT2D eigenvalue weighted by molar-refractivity contribution is -0.143. The van der Waals surface area contributed by atoms with Gasteiger partial charge in [0.1, 0.15) is 0 Å². The number of carboxylic acid groups (broad SMARTS) is 1. The minimum atomic E-state index is -4.97. The van der Waals surface area contributed by atoms with Crippen molar-refractivity contribution in [3.05, 3.63) is 64.2 Å². The molecule has 2 aromatic carbocycles. The number of alkyl halides is 6. The van der Waals surface area contributed by atoms with Crippen LogP contribution in [-0.2, 0) is 29.9 Å². The Morgan fingerprint density at radius 1 is 1.03 bits per heavy atom. The molecule has 0 saturated heterocycles. The predicted octanol–water partition coefficient (Wildman–Crippen LogP) is 6.57. The van der Waals surface area contributed by atoms with Gasteiger partial charge in [0.05, 0.1) is 29.5 Å². The lowest BCUT2D eigenvalue weighted by atomic mass is 9.90. The molecule has 0 radical (unpaired) electrons. The lowest BCUT2D eigenvalue weighted by Gasteiger charge is -2.38. The molecule has 1 heterocycles. The first kappa shape index (κ1) is 27.2. The third kappa shape index (κ3) is 6.21. The van der Waals surface area contributed by atoms with Gasteiger partial charge in [-0.1, -0.05) is 19.1 Å². The SMILES string of the molecule is CCc1ccc2c(c1)[C@@H](NC(=O)OCCc1cc(C(F)(F)F)cc(C(F)(F)F)c1)C[C@@H](C)N2C(=O)O. The van der Waals surface area contributed by atoms with Gasteiger partial charge in [-0.3, -0.25) is 4.90 Å². The van der Waals surface area contributed by atoms with Gasteiger partial charge in [0.25, 0.3) is 0 Å². The van der Waals surface area contributed by atoms with Crippen LogP contribution in [0.1, 0.15) is 54.1 Å². The number of fused-ring (bicyclic) bond motifs is 1. The second kappa shape index (κ2) is 10.3. The van der Waals surface area contributed by atoms with Crippen molar-refractivity contribution in [3.63, 3.8) is 0 Å². The third-order valence-corrected chi connectivity index (χ3v) is 5.92. The minimum Gasteiger partial charge on any atom is -0.465 e. The van der Waals surface area contributed by atoms with Crippen molar-refractivity contribution < 1.29 is 45.8 Å². The molecule has 2 amide bonds. The second-order valence-corrected chi connectivity index (χ2v) is 8.48. The van der Waals surface area contributed by atoms with Crippen LogP contribution in [0.25, 0.3) is 0 Å². The Labute approximate surface area is 202 Å². The van der Waals surface area contributed by atoms with Crippen LogP contribution < -0.4 is 10.2 Å². The molecule has 0 aliphatic carbocycles. The molecular formula is C24H24F6N2O4. The van der Waals surface area contributed by atoms with Crippen LogP contribution >= 0.6 is 0 Å². The highest BCUT2D eigenvalue weighted by atomic mass is 19.4. The predicted molar refractivity (Wildman–Crippen MR) is 118 cm³/mol. The second-order valence-electron chi connectivity index (χ2n) is 8.48. The van der Waals surface area contributed by atoms with E-state index in [1.165, 1.54) is 4.90 Å². The fourth-order valence-corrected chi connectivity index (χ4v) is 4.17. The Morgan fingerprint density at radius 2 is 1.64 bits per heavy atom. The maximum absolute atomic E-state index is 13.0. The summed E-state index contributed by atoms with van der Waals surface area (Å²) in [7, 11) is 0. The summed E-state index contributed by atoms with van der Waals surface area (Å²) in [6.07, 6.45) is -11.5. The number of halogens is 6. The van der Waals surface area contributed by atoms with E-state index in [0.717, 1.165) is 5.56 Å². The molecule has 0 saturated carbocycles. The van der Waals surface area contributed by atoms with Crippen LogP contribution in [0.5, 0.6) is 0 Å². The quantitative estimate of drug-likeness (QED) is 0.439. The average Bonchev–Trinajstić information content (AvgIpc) is 2.77. The number of anilines is 1. The summed E-state index contributed by atoms with van der Waals surface area (Å²) >= 11 is 0. The fraction of sp³-hybridized carbons (Fsp3) is 0.417. The number of aryl methyl sites for hydroxylation is 1. The van der Waals surface area contributed by atoms with Crippen molar-refractivity contribution in [3.8, 4) is 0 Å². The van der Waals surface area contributed by atoms with Crippen molar-refractivity contribution in [2.24, 2.45) is 0 Å². The fourth-order valence-electron chi connectivity index (χ4n) is 4.17. The average molecular weight is 518 g/mol. The van der Waals surface area contributed by atoms with Gasteiger partial charge < -0.3 is 15.2 Å². The first-order chi connectivity index (χ1) is 16.7. The zero-order valence-corrected chi connectivity index (χ0v) is 19.3. The van der Waals surface area contributed by atoms with Gasteiger partial charge in [-0.25, -0.2) is 9.59 Å². The van der Waals surface area contributed by atoms with Crippen LogP contribution in [0, 0.1) is 0 Å². The van der Waals surface area contributed by atoms with E-state index >= 15 is 0 Å². The molecule has 3 rings (SSSR count). The topological polar surface area (TPSA) is 78.9 Å². The molecule has 2 atom stereocenters. The van der Waals surface area contributed by atoms with Crippen LogP contribution in [-0.4, -0.2) is 29.9 Å². The summed E-state index contributed by atoms with van der Waals surface area (Å²) in [5.74, 6) is 0. The molecular weight excluding hydrogens is 494 g/mol. The number of ether oxygens (including phenoxy) is 1. The monoisotopic (exact) mass is 518 g/mol. The molecule has 6 nitrogen and oxygen atoms in total. The number of carbonyl (C=O) groups excluding carboxylic acids is 1. The Kier molecular flexibility index (Phi) is 7.75. The molecule has 0 bridgehead atoms. The van der Waals surface area contributed by atoms with Crippen molar-refractivity contribution >= 4 is 17.9 Å². The molecule has 1 aliphatic rings.